The molecule has 2 unspecified atom stereocenters. The van der Waals surface area contributed by atoms with E-state index in [2.05, 4.69) is 68.2 Å². The van der Waals surface area contributed by atoms with Gasteiger partial charge in [-0.3, -0.25) is 10.1 Å². The van der Waals surface area contributed by atoms with Crippen LogP contribution in [0, 0.1) is 32.8 Å². The number of anilines is 2. The van der Waals surface area contributed by atoms with Crippen LogP contribution in [0.15, 0.2) is 6.33 Å². The average molecular weight is 404 g/mol. The van der Waals surface area contributed by atoms with E-state index in [0.717, 1.165) is 38.9 Å². The number of hydrogen-bond donors (Lipinski definition) is 0. The molecule has 0 spiro atoms. The minimum atomic E-state index is -0.270. The fourth-order valence-electron chi connectivity index (χ4n) is 5.80. The van der Waals surface area contributed by atoms with Crippen LogP contribution in [0.5, 0.6) is 0 Å². The van der Waals surface area contributed by atoms with Crippen LogP contribution in [0.3, 0.4) is 0 Å². The molecule has 29 heavy (non-hydrogen) atoms. The molecule has 0 radical (unpaired) electrons. The van der Waals surface area contributed by atoms with Crippen molar-refractivity contribution >= 4 is 17.3 Å². The zero-order chi connectivity index (χ0) is 21.6. The van der Waals surface area contributed by atoms with Gasteiger partial charge >= 0.3 is 5.69 Å². The van der Waals surface area contributed by atoms with Crippen molar-refractivity contribution in [2.75, 3.05) is 29.4 Å². The smallest absolute Gasteiger partial charge is 0.350 e. The van der Waals surface area contributed by atoms with Gasteiger partial charge in [0.25, 0.3) is 0 Å². The van der Waals surface area contributed by atoms with Crippen LogP contribution in [0.25, 0.3) is 0 Å². The van der Waals surface area contributed by atoms with Gasteiger partial charge in [-0.1, -0.05) is 48.5 Å². The zero-order valence-electron chi connectivity index (χ0n) is 19.1. The second-order valence-corrected chi connectivity index (χ2v) is 11.2. The van der Waals surface area contributed by atoms with Gasteiger partial charge in [-0.2, -0.15) is 0 Å². The molecule has 2 bridgehead atoms. The summed E-state index contributed by atoms with van der Waals surface area (Å²) in [4.78, 5) is 25.1. The Morgan fingerprint density at radius 3 is 2.34 bits per heavy atom. The lowest BCUT2D eigenvalue weighted by Gasteiger charge is -2.39. The largest absolute Gasteiger partial charge is 0.353 e. The van der Waals surface area contributed by atoms with Gasteiger partial charge in [0.2, 0.25) is 11.6 Å². The van der Waals surface area contributed by atoms with Gasteiger partial charge in [-0.05, 0) is 41.9 Å². The average Bonchev–Trinajstić information content (AvgIpc) is 2.81. The van der Waals surface area contributed by atoms with Crippen molar-refractivity contribution in [2.45, 2.75) is 73.8 Å². The molecule has 1 aromatic heterocycles. The molecular weight excluding hydrogens is 366 g/mol. The van der Waals surface area contributed by atoms with E-state index in [-0.39, 0.29) is 21.4 Å². The first-order chi connectivity index (χ1) is 13.4. The second-order valence-electron chi connectivity index (χ2n) is 11.2. The van der Waals surface area contributed by atoms with Gasteiger partial charge in [0, 0.05) is 25.7 Å². The first-order valence-corrected chi connectivity index (χ1v) is 10.9. The van der Waals surface area contributed by atoms with Crippen LogP contribution in [-0.4, -0.2) is 40.6 Å². The molecule has 7 nitrogen and oxygen atoms in total. The molecule has 1 aliphatic heterocycles. The van der Waals surface area contributed by atoms with E-state index in [4.69, 9.17) is 0 Å². The molecule has 1 saturated carbocycles. The maximum atomic E-state index is 12.2. The minimum absolute atomic E-state index is 0.0720. The molecule has 1 saturated heterocycles. The number of hydrogen-bond acceptors (Lipinski definition) is 6. The van der Waals surface area contributed by atoms with Crippen LogP contribution in [0.2, 0.25) is 0 Å². The summed E-state index contributed by atoms with van der Waals surface area (Å²) in [7, 11) is 0. The lowest BCUT2D eigenvalue weighted by Crippen LogP contribution is -2.36. The third-order valence-corrected chi connectivity index (χ3v) is 6.12. The van der Waals surface area contributed by atoms with E-state index in [1.807, 2.05) is 0 Å². The SMILES string of the molecule is CC(C)CN(CC(C)C)c1ncnc(N2CC3(C)CC2CC(C)(C)C3)c1[N+](=O)[O-]. The van der Waals surface area contributed by atoms with Crippen molar-refractivity contribution in [1.29, 1.82) is 0 Å². The predicted molar refractivity (Wildman–Crippen MR) is 117 cm³/mol. The van der Waals surface area contributed by atoms with Crippen molar-refractivity contribution in [1.82, 2.24) is 9.97 Å². The highest BCUT2D eigenvalue weighted by atomic mass is 16.6. The van der Waals surface area contributed by atoms with Gasteiger partial charge in [0.1, 0.15) is 6.33 Å². The second kappa shape index (κ2) is 7.73. The van der Waals surface area contributed by atoms with Crippen LogP contribution in [0.1, 0.15) is 67.7 Å². The molecule has 162 valence electrons. The zero-order valence-corrected chi connectivity index (χ0v) is 19.1. The number of nitrogens with zero attached hydrogens (tertiary/aromatic N) is 5. The Hall–Kier alpha value is -1.92. The normalized spacial score (nSPS) is 25.7. The third kappa shape index (κ3) is 4.64. The lowest BCUT2D eigenvalue weighted by molar-refractivity contribution is -0.383. The summed E-state index contributed by atoms with van der Waals surface area (Å²) in [5.74, 6) is 1.74. The molecule has 7 heteroatoms. The number of fused-ring (bicyclic) bond motifs is 2. The molecule has 0 amide bonds. The summed E-state index contributed by atoms with van der Waals surface area (Å²) in [6.45, 7) is 17.8. The number of nitro groups is 1. The summed E-state index contributed by atoms with van der Waals surface area (Å²) in [5, 5.41) is 12.2. The Morgan fingerprint density at radius 2 is 1.79 bits per heavy atom. The van der Waals surface area contributed by atoms with Crippen molar-refractivity contribution in [3.8, 4) is 0 Å². The Balaban J connectivity index is 2.05. The van der Waals surface area contributed by atoms with Crippen LogP contribution < -0.4 is 9.80 Å². The van der Waals surface area contributed by atoms with Crippen molar-refractivity contribution in [2.24, 2.45) is 22.7 Å². The lowest BCUT2D eigenvalue weighted by atomic mass is 9.65. The van der Waals surface area contributed by atoms with E-state index >= 15 is 0 Å². The van der Waals surface area contributed by atoms with Crippen LogP contribution in [-0.2, 0) is 0 Å². The van der Waals surface area contributed by atoms with E-state index in [1.54, 1.807) is 0 Å². The van der Waals surface area contributed by atoms with E-state index in [9.17, 15) is 10.1 Å². The van der Waals surface area contributed by atoms with Gasteiger partial charge in [-0.25, -0.2) is 9.97 Å². The maximum Gasteiger partial charge on any atom is 0.353 e. The molecule has 2 heterocycles. The van der Waals surface area contributed by atoms with E-state index in [1.165, 1.54) is 6.33 Å². The molecule has 1 aliphatic carbocycles. The van der Waals surface area contributed by atoms with Gasteiger partial charge in [-0.15, -0.1) is 0 Å². The Labute approximate surface area is 175 Å². The number of aromatic nitrogens is 2. The summed E-state index contributed by atoms with van der Waals surface area (Å²) >= 11 is 0. The van der Waals surface area contributed by atoms with Gasteiger partial charge < -0.3 is 9.80 Å². The highest BCUT2D eigenvalue weighted by Gasteiger charge is 2.51. The molecule has 0 N–H and O–H groups in total. The quantitative estimate of drug-likeness (QED) is 0.476. The molecule has 2 fully saturated rings. The minimum Gasteiger partial charge on any atom is -0.350 e. The fraction of sp³-hybridized carbons (Fsp3) is 0.818. The van der Waals surface area contributed by atoms with Crippen molar-refractivity contribution in [3.05, 3.63) is 16.4 Å². The third-order valence-electron chi connectivity index (χ3n) is 6.12. The predicted octanol–water partition coefficient (Wildman–Crippen LogP) is 4.91. The molecule has 3 rings (SSSR count). The van der Waals surface area contributed by atoms with Gasteiger partial charge in [0.05, 0.1) is 4.92 Å². The standard InChI is InChI=1S/C22H37N5O2/c1-15(2)10-25(11-16(3)4)19-18(27(28)29)20(24-14-23-19)26-13-22(7)9-17(26)8-21(5,6)12-22/h14-17H,8-13H2,1-7H3. The van der Waals surface area contributed by atoms with Crippen LogP contribution in [0.4, 0.5) is 17.3 Å². The van der Waals surface area contributed by atoms with E-state index < -0.39 is 0 Å². The van der Waals surface area contributed by atoms with Crippen molar-refractivity contribution < 1.29 is 4.92 Å². The highest BCUT2D eigenvalue weighted by molar-refractivity contribution is 5.72. The Kier molecular flexibility index (Phi) is 5.80. The topological polar surface area (TPSA) is 75.4 Å². The number of rotatable bonds is 7. The summed E-state index contributed by atoms with van der Waals surface area (Å²) in [6, 6.07) is 0.300. The fourth-order valence-corrected chi connectivity index (χ4v) is 5.80. The maximum absolute atomic E-state index is 12.2. The van der Waals surface area contributed by atoms with Crippen LogP contribution >= 0.6 is 0 Å². The first-order valence-electron chi connectivity index (χ1n) is 10.9. The summed E-state index contributed by atoms with van der Waals surface area (Å²) < 4.78 is 0. The molecule has 2 atom stereocenters. The van der Waals surface area contributed by atoms with Crippen molar-refractivity contribution in [3.63, 3.8) is 0 Å². The molecule has 1 aromatic rings. The molecule has 2 aliphatic rings. The molecule has 0 aromatic carbocycles. The summed E-state index contributed by atoms with van der Waals surface area (Å²) in [5.41, 5.74) is 0.502. The highest BCUT2D eigenvalue weighted by Crippen LogP contribution is 2.54. The Bertz CT molecular complexity index is 754. The summed E-state index contributed by atoms with van der Waals surface area (Å²) in [6.07, 6.45) is 4.78. The molecular formula is C22H37N5O2. The van der Waals surface area contributed by atoms with E-state index in [0.29, 0.717) is 29.5 Å². The van der Waals surface area contributed by atoms with Gasteiger partial charge in [0.15, 0.2) is 0 Å². The monoisotopic (exact) mass is 403 g/mol. The first kappa shape index (κ1) is 21.8. The Morgan fingerprint density at radius 1 is 1.17 bits per heavy atom.